The fraction of sp³-hybridized carbons (Fsp3) is 0.667. The van der Waals surface area contributed by atoms with Crippen LogP contribution >= 0.6 is 0 Å². The van der Waals surface area contributed by atoms with E-state index in [1.807, 2.05) is 6.08 Å². The van der Waals surface area contributed by atoms with Crippen molar-refractivity contribution in [1.82, 2.24) is 0 Å². The summed E-state index contributed by atoms with van der Waals surface area (Å²) in [6, 6.07) is 0. The first-order valence-corrected chi connectivity index (χ1v) is 2.64. The third-order valence-corrected chi connectivity index (χ3v) is 0.744. The highest BCUT2D eigenvalue weighted by molar-refractivity contribution is 4.76. The quantitative estimate of drug-likeness (QED) is 0.558. The maximum Gasteiger partial charge on any atom is -0.0103 e. The highest BCUT2D eigenvalue weighted by Gasteiger charge is 1.84. The maximum atomic E-state index is 5.10. The van der Waals surface area contributed by atoms with Crippen LogP contribution in [0.3, 0.4) is 0 Å². The molecule has 0 heterocycles. The molecule has 2 N–H and O–H groups in total. The molecular weight excluding hydrogens is 86.1 g/mol. The number of nitrogens with two attached hydrogens (primary N) is 1. The second-order valence-electron chi connectivity index (χ2n) is 2.06. The average molecular weight is 99.2 g/mol. The smallest absolute Gasteiger partial charge is 0.0103 e. The van der Waals surface area contributed by atoms with Gasteiger partial charge in [0.1, 0.15) is 0 Å². The molecule has 0 fully saturated rings. The van der Waals surface area contributed by atoms with Crippen molar-refractivity contribution in [3.63, 3.8) is 0 Å². The number of hydrogen-bond acceptors (Lipinski definition) is 1. The van der Waals surface area contributed by atoms with Gasteiger partial charge in [-0.1, -0.05) is 19.9 Å². The molecule has 0 aliphatic rings. The fourth-order valence-electron chi connectivity index (χ4n) is 0.351. The zero-order valence-electron chi connectivity index (χ0n) is 5.02. The van der Waals surface area contributed by atoms with Gasteiger partial charge in [0.2, 0.25) is 0 Å². The minimum atomic E-state index is 0.736. The molecule has 0 spiro atoms. The highest BCUT2D eigenvalue weighted by atomic mass is 14.5. The van der Waals surface area contributed by atoms with Crippen LogP contribution < -0.4 is 5.73 Å². The minimum Gasteiger partial charge on any atom is -0.405 e. The van der Waals surface area contributed by atoms with Gasteiger partial charge in [-0.3, -0.25) is 0 Å². The second-order valence-corrected chi connectivity index (χ2v) is 2.06. The molecule has 0 rings (SSSR count). The van der Waals surface area contributed by atoms with Gasteiger partial charge in [-0.05, 0) is 18.5 Å². The molecule has 0 unspecified atom stereocenters. The van der Waals surface area contributed by atoms with E-state index in [-0.39, 0.29) is 0 Å². The molecule has 0 aliphatic heterocycles. The lowest BCUT2D eigenvalue weighted by molar-refractivity contribution is 0.663. The number of rotatable bonds is 2. The van der Waals surface area contributed by atoms with Crippen LogP contribution in [-0.2, 0) is 0 Å². The summed E-state index contributed by atoms with van der Waals surface area (Å²) in [5.74, 6) is 0.736. The van der Waals surface area contributed by atoms with E-state index in [4.69, 9.17) is 5.73 Å². The Morgan fingerprint density at radius 2 is 2.14 bits per heavy atom. The SMILES string of the molecule is CC(C)C/C=C/N. The Labute approximate surface area is 45.2 Å². The van der Waals surface area contributed by atoms with Gasteiger partial charge in [0.15, 0.2) is 0 Å². The summed E-state index contributed by atoms with van der Waals surface area (Å²) in [5, 5.41) is 0. The van der Waals surface area contributed by atoms with E-state index < -0.39 is 0 Å². The predicted molar refractivity (Wildman–Crippen MR) is 32.8 cm³/mol. The van der Waals surface area contributed by atoms with E-state index in [1.54, 1.807) is 6.20 Å². The first kappa shape index (κ1) is 6.54. The molecule has 0 atom stereocenters. The molecule has 0 saturated carbocycles. The average Bonchev–Trinajstić information content (AvgIpc) is 1.61. The van der Waals surface area contributed by atoms with Crippen molar-refractivity contribution >= 4 is 0 Å². The Hall–Kier alpha value is -0.460. The Balaban J connectivity index is 2.97. The zero-order valence-corrected chi connectivity index (χ0v) is 5.02. The molecule has 1 nitrogen and oxygen atoms in total. The topological polar surface area (TPSA) is 26.0 Å². The van der Waals surface area contributed by atoms with Gasteiger partial charge in [0.05, 0.1) is 0 Å². The van der Waals surface area contributed by atoms with E-state index in [9.17, 15) is 0 Å². The lowest BCUT2D eigenvalue weighted by Gasteiger charge is -1.93. The normalized spacial score (nSPS) is 11.3. The van der Waals surface area contributed by atoms with Crippen molar-refractivity contribution in [2.24, 2.45) is 11.7 Å². The van der Waals surface area contributed by atoms with Gasteiger partial charge in [-0.25, -0.2) is 0 Å². The number of allylic oxidation sites excluding steroid dienone is 1. The standard InChI is InChI=1S/C6H13N/c1-6(2)4-3-5-7/h3,5-6H,4,7H2,1-2H3/b5-3+. The molecule has 0 aliphatic carbocycles. The van der Waals surface area contributed by atoms with Crippen LogP contribution in [0.25, 0.3) is 0 Å². The van der Waals surface area contributed by atoms with Crippen LogP contribution in [0.5, 0.6) is 0 Å². The summed E-state index contributed by atoms with van der Waals surface area (Å²) in [6.45, 7) is 4.33. The second kappa shape index (κ2) is 3.72. The molecule has 0 bridgehead atoms. The van der Waals surface area contributed by atoms with Crippen LogP contribution in [0.1, 0.15) is 20.3 Å². The molecule has 7 heavy (non-hydrogen) atoms. The molecule has 42 valence electrons. The lowest BCUT2D eigenvalue weighted by atomic mass is 10.1. The number of hydrogen-bond donors (Lipinski definition) is 1. The van der Waals surface area contributed by atoms with E-state index in [0.717, 1.165) is 12.3 Å². The van der Waals surface area contributed by atoms with Gasteiger partial charge in [-0.15, -0.1) is 0 Å². The van der Waals surface area contributed by atoms with E-state index in [1.165, 1.54) is 0 Å². The molecule has 0 saturated heterocycles. The van der Waals surface area contributed by atoms with Crippen LogP contribution in [0.2, 0.25) is 0 Å². The summed E-state index contributed by atoms with van der Waals surface area (Å²) in [6.07, 6.45) is 4.67. The van der Waals surface area contributed by atoms with Crippen LogP contribution in [0, 0.1) is 5.92 Å². The van der Waals surface area contributed by atoms with Gasteiger partial charge >= 0.3 is 0 Å². The minimum absolute atomic E-state index is 0.736. The van der Waals surface area contributed by atoms with Crippen molar-refractivity contribution in [2.45, 2.75) is 20.3 Å². The third-order valence-electron chi connectivity index (χ3n) is 0.744. The Morgan fingerprint density at radius 1 is 1.57 bits per heavy atom. The molecule has 0 aromatic rings. The van der Waals surface area contributed by atoms with Gasteiger partial charge in [0, 0.05) is 0 Å². The van der Waals surface area contributed by atoms with Crippen molar-refractivity contribution in [1.29, 1.82) is 0 Å². The zero-order chi connectivity index (χ0) is 5.70. The predicted octanol–water partition coefficient (Wildman–Crippen LogP) is 1.50. The van der Waals surface area contributed by atoms with Gasteiger partial charge in [0.25, 0.3) is 0 Å². The molecule has 0 aromatic heterocycles. The van der Waals surface area contributed by atoms with Crippen molar-refractivity contribution in [3.8, 4) is 0 Å². The van der Waals surface area contributed by atoms with Crippen molar-refractivity contribution < 1.29 is 0 Å². The first-order valence-electron chi connectivity index (χ1n) is 2.64. The van der Waals surface area contributed by atoms with Crippen LogP contribution in [0.15, 0.2) is 12.3 Å². The third kappa shape index (κ3) is 5.54. The summed E-state index contributed by atoms with van der Waals surface area (Å²) in [7, 11) is 0. The summed E-state index contributed by atoms with van der Waals surface area (Å²) in [5.41, 5.74) is 5.10. The van der Waals surface area contributed by atoms with Gasteiger partial charge in [-0.2, -0.15) is 0 Å². The maximum absolute atomic E-state index is 5.10. The molecule has 0 radical (unpaired) electrons. The van der Waals surface area contributed by atoms with Crippen molar-refractivity contribution in [3.05, 3.63) is 12.3 Å². The van der Waals surface area contributed by atoms with E-state index >= 15 is 0 Å². The molecule has 1 heteroatoms. The Bertz CT molecular complexity index is 55.2. The van der Waals surface area contributed by atoms with E-state index in [2.05, 4.69) is 13.8 Å². The Morgan fingerprint density at radius 3 is 2.29 bits per heavy atom. The van der Waals surface area contributed by atoms with Crippen LogP contribution in [0.4, 0.5) is 0 Å². The molecular formula is C6H13N. The van der Waals surface area contributed by atoms with Gasteiger partial charge < -0.3 is 5.73 Å². The largest absolute Gasteiger partial charge is 0.405 e. The molecule has 0 amide bonds. The fourth-order valence-corrected chi connectivity index (χ4v) is 0.351. The van der Waals surface area contributed by atoms with E-state index in [0.29, 0.717) is 0 Å². The van der Waals surface area contributed by atoms with Crippen molar-refractivity contribution in [2.75, 3.05) is 0 Å². The highest BCUT2D eigenvalue weighted by Crippen LogP contribution is 1.97. The molecule has 0 aromatic carbocycles. The summed E-state index contributed by atoms with van der Waals surface area (Å²) < 4.78 is 0. The van der Waals surface area contributed by atoms with Crippen LogP contribution in [-0.4, -0.2) is 0 Å². The Kier molecular flexibility index (Phi) is 3.48. The summed E-state index contributed by atoms with van der Waals surface area (Å²) in [4.78, 5) is 0. The monoisotopic (exact) mass is 99.1 g/mol. The lowest BCUT2D eigenvalue weighted by Crippen LogP contribution is -1.83. The first-order chi connectivity index (χ1) is 3.27. The summed E-state index contributed by atoms with van der Waals surface area (Å²) >= 11 is 0.